The minimum absolute atomic E-state index is 0.0572. The van der Waals surface area contributed by atoms with Gasteiger partial charge in [0.05, 0.1) is 6.04 Å². The maximum atomic E-state index is 13.2. The van der Waals surface area contributed by atoms with Crippen molar-refractivity contribution in [3.05, 3.63) is 70.5 Å². The van der Waals surface area contributed by atoms with Gasteiger partial charge < -0.3 is 10.7 Å². The van der Waals surface area contributed by atoms with Crippen LogP contribution < -0.4 is 10.7 Å². The summed E-state index contributed by atoms with van der Waals surface area (Å²) in [7, 11) is 0. The third kappa shape index (κ3) is 3.49. The van der Waals surface area contributed by atoms with Gasteiger partial charge in [-0.1, -0.05) is 47.7 Å². The number of hydrogen-bond acceptors (Lipinski definition) is 5. The molecule has 1 aliphatic rings. The molecule has 2 heterocycles. The van der Waals surface area contributed by atoms with Gasteiger partial charge in [0, 0.05) is 5.69 Å². The van der Waals surface area contributed by atoms with Gasteiger partial charge in [0.15, 0.2) is 0 Å². The summed E-state index contributed by atoms with van der Waals surface area (Å²) in [5.74, 6) is 0.714. The van der Waals surface area contributed by atoms with Crippen molar-refractivity contribution >= 4 is 23.4 Å². The maximum absolute atomic E-state index is 13.2. The highest BCUT2D eigenvalue weighted by molar-refractivity contribution is 8.00. The van der Waals surface area contributed by atoms with Gasteiger partial charge in [-0.2, -0.15) is 0 Å². The Balaban J connectivity index is 1.65. The van der Waals surface area contributed by atoms with Crippen LogP contribution in [0, 0.1) is 27.7 Å². The molecular formula is C21H23N5OS. The molecular weight excluding hydrogens is 370 g/mol. The molecule has 0 aliphatic carbocycles. The summed E-state index contributed by atoms with van der Waals surface area (Å²) in [6, 6.07) is 14.0. The van der Waals surface area contributed by atoms with E-state index in [0.717, 1.165) is 22.6 Å². The van der Waals surface area contributed by atoms with E-state index in [1.165, 1.54) is 22.9 Å². The first-order valence-electron chi connectivity index (χ1n) is 9.22. The second-order valence-electron chi connectivity index (χ2n) is 7.21. The minimum Gasteiger partial charge on any atom is -0.325 e. The number of aromatic nitrogens is 3. The number of nitrogens with zero attached hydrogens (tertiary/aromatic N) is 3. The lowest BCUT2D eigenvalue weighted by atomic mass is 10.0. The maximum Gasteiger partial charge on any atom is 0.240 e. The number of aryl methyl sites for hydroxylation is 4. The number of hydrogen-bond donors (Lipinski definition) is 2. The number of rotatable bonds is 3. The molecule has 0 saturated carbocycles. The molecule has 6 nitrogen and oxygen atoms in total. The number of thioether (sulfide) groups is 1. The van der Waals surface area contributed by atoms with E-state index in [-0.39, 0.29) is 17.2 Å². The first-order chi connectivity index (χ1) is 13.4. The standard InChI is InChI=1S/C21H23N5OS/c1-12-5-8-16(9-6-12)18-19(28-21-24-23-15(4)26(21)25-18)20(27)22-17-10-7-13(2)14(3)11-17/h5-11,18-19,25H,1-4H3,(H,22,27). The van der Waals surface area contributed by atoms with Crippen LogP contribution in [-0.4, -0.2) is 26.0 Å². The number of carbonyl (C=O) groups is 1. The molecule has 4 rings (SSSR count). The number of fused-ring (bicyclic) bond motifs is 1. The molecule has 1 aromatic heterocycles. The van der Waals surface area contributed by atoms with E-state index >= 15 is 0 Å². The van der Waals surface area contributed by atoms with Crippen LogP contribution in [0.15, 0.2) is 47.6 Å². The highest BCUT2D eigenvalue weighted by Crippen LogP contribution is 2.37. The van der Waals surface area contributed by atoms with E-state index < -0.39 is 0 Å². The van der Waals surface area contributed by atoms with Gasteiger partial charge in [-0.3, -0.25) is 4.79 Å². The Bertz CT molecular complexity index is 1030. The van der Waals surface area contributed by atoms with Crippen LogP contribution in [0.5, 0.6) is 0 Å². The number of amides is 1. The molecule has 0 saturated heterocycles. The van der Waals surface area contributed by atoms with Crippen LogP contribution in [0.4, 0.5) is 5.69 Å². The molecule has 0 spiro atoms. The van der Waals surface area contributed by atoms with Crippen molar-refractivity contribution in [1.82, 2.24) is 14.9 Å². The van der Waals surface area contributed by atoms with Crippen LogP contribution in [0.2, 0.25) is 0 Å². The smallest absolute Gasteiger partial charge is 0.240 e. The average molecular weight is 394 g/mol. The lowest BCUT2D eigenvalue weighted by Gasteiger charge is -2.32. The van der Waals surface area contributed by atoms with Crippen molar-refractivity contribution in [3.8, 4) is 0 Å². The molecule has 28 heavy (non-hydrogen) atoms. The monoisotopic (exact) mass is 393 g/mol. The number of benzene rings is 2. The Morgan fingerprint density at radius 1 is 1.04 bits per heavy atom. The van der Waals surface area contributed by atoms with E-state index in [1.807, 2.05) is 36.7 Å². The highest BCUT2D eigenvalue weighted by atomic mass is 32.2. The molecule has 2 atom stereocenters. The van der Waals surface area contributed by atoms with E-state index in [4.69, 9.17) is 0 Å². The quantitative estimate of drug-likeness (QED) is 0.706. The second-order valence-corrected chi connectivity index (χ2v) is 8.32. The van der Waals surface area contributed by atoms with Crippen molar-refractivity contribution in [2.45, 2.75) is 44.1 Å². The average Bonchev–Trinajstić information content (AvgIpc) is 3.04. The minimum atomic E-state index is -0.375. The molecule has 0 fully saturated rings. The van der Waals surface area contributed by atoms with Crippen LogP contribution >= 0.6 is 11.8 Å². The Kier molecular flexibility index (Phi) is 4.85. The van der Waals surface area contributed by atoms with Crippen molar-refractivity contribution in [2.75, 3.05) is 10.7 Å². The normalized spacial score (nSPS) is 18.3. The van der Waals surface area contributed by atoms with Gasteiger partial charge in [-0.25, -0.2) is 4.68 Å². The second kappa shape index (κ2) is 7.31. The molecule has 2 aromatic carbocycles. The summed E-state index contributed by atoms with van der Waals surface area (Å²) in [5.41, 5.74) is 8.82. The summed E-state index contributed by atoms with van der Waals surface area (Å²) in [6.45, 7) is 8.05. The predicted molar refractivity (Wildman–Crippen MR) is 112 cm³/mol. The fraction of sp³-hybridized carbons (Fsp3) is 0.286. The Morgan fingerprint density at radius 2 is 1.79 bits per heavy atom. The predicted octanol–water partition coefficient (Wildman–Crippen LogP) is 3.91. The van der Waals surface area contributed by atoms with Crippen LogP contribution in [-0.2, 0) is 4.79 Å². The summed E-state index contributed by atoms with van der Waals surface area (Å²) >= 11 is 1.43. The first-order valence-corrected chi connectivity index (χ1v) is 10.1. The summed E-state index contributed by atoms with van der Waals surface area (Å²) in [6.07, 6.45) is 0. The summed E-state index contributed by atoms with van der Waals surface area (Å²) in [4.78, 5) is 13.2. The Morgan fingerprint density at radius 3 is 2.50 bits per heavy atom. The Hall–Kier alpha value is -2.80. The fourth-order valence-electron chi connectivity index (χ4n) is 3.22. The molecule has 1 aliphatic heterocycles. The number of carbonyl (C=O) groups excluding carboxylic acids is 1. The van der Waals surface area contributed by atoms with Gasteiger partial charge in [0.25, 0.3) is 0 Å². The van der Waals surface area contributed by atoms with Crippen molar-refractivity contribution in [1.29, 1.82) is 0 Å². The molecule has 0 bridgehead atoms. The molecule has 144 valence electrons. The SMILES string of the molecule is Cc1ccc(C2Nn3c(C)nnc3SC2C(=O)Nc2ccc(C)c(C)c2)cc1. The number of nitrogens with one attached hydrogen (secondary N) is 2. The fourth-order valence-corrected chi connectivity index (χ4v) is 4.34. The zero-order valence-corrected chi connectivity index (χ0v) is 17.2. The molecule has 0 radical (unpaired) electrons. The summed E-state index contributed by atoms with van der Waals surface area (Å²) < 4.78 is 1.86. The zero-order valence-electron chi connectivity index (χ0n) is 16.4. The number of anilines is 1. The lowest BCUT2D eigenvalue weighted by molar-refractivity contribution is -0.116. The lowest BCUT2D eigenvalue weighted by Crippen LogP contribution is -2.41. The molecule has 2 unspecified atom stereocenters. The first kappa shape index (κ1) is 18.6. The third-order valence-corrected chi connectivity index (χ3v) is 6.28. The topological polar surface area (TPSA) is 71.8 Å². The van der Waals surface area contributed by atoms with Gasteiger partial charge >= 0.3 is 0 Å². The molecule has 2 N–H and O–H groups in total. The summed E-state index contributed by atoms with van der Waals surface area (Å²) in [5, 5.41) is 11.7. The van der Waals surface area contributed by atoms with E-state index in [0.29, 0.717) is 5.16 Å². The third-order valence-electron chi connectivity index (χ3n) is 5.07. The van der Waals surface area contributed by atoms with Crippen molar-refractivity contribution < 1.29 is 4.79 Å². The van der Waals surface area contributed by atoms with E-state index in [1.54, 1.807) is 0 Å². The van der Waals surface area contributed by atoms with Crippen LogP contribution in [0.25, 0.3) is 0 Å². The Labute approximate surface area is 168 Å². The van der Waals surface area contributed by atoms with Crippen molar-refractivity contribution in [3.63, 3.8) is 0 Å². The van der Waals surface area contributed by atoms with E-state index in [9.17, 15) is 4.79 Å². The van der Waals surface area contributed by atoms with Gasteiger partial charge in [-0.15, -0.1) is 10.2 Å². The van der Waals surface area contributed by atoms with Crippen LogP contribution in [0.3, 0.4) is 0 Å². The van der Waals surface area contributed by atoms with Crippen LogP contribution in [0.1, 0.15) is 34.1 Å². The van der Waals surface area contributed by atoms with Gasteiger partial charge in [-0.05, 0) is 56.5 Å². The van der Waals surface area contributed by atoms with Gasteiger partial charge in [0.2, 0.25) is 11.1 Å². The molecule has 3 aromatic rings. The van der Waals surface area contributed by atoms with Crippen molar-refractivity contribution in [2.24, 2.45) is 0 Å². The van der Waals surface area contributed by atoms with Gasteiger partial charge in [0.1, 0.15) is 11.1 Å². The molecule has 7 heteroatoms. The van der Waals surface area contributed by atoms with E-state index in [2.05, 4.69) is 59.1 Å². The highest BCUT2D eigenvalue weighted by Gasteiger charge is 2.37. The largest absolute Gasteiger partial charge is 0.325 e. The zero-order chi connectivity index (χ0) is 19.8. The molecule has 1 amide bonds.